The Morgan fingerprint density at radius 2 is 1.88 bits per heavy atom. The zero-order valence-corrected chi connectivity index (χ0v) is 15.9. The summed E-state index contributed by atoms with van der Waals surface area (Å²) in [5, 5.41) is 2.95. The van der Waals surface area contributed by atoms with Crippen LogP contribution in [-0.4, -0.2) is 32.4 Å². The van der Waals surface area contributed by atoms with Crippen molar-refractivity contribution in [3.63, 3.8) is 0 Å². The Morgan fingerprint density at radius 3 is 2.54 bits per heavy atom. The van der Waals surface area contributed by atoms with E-state index in [4.69, 9.17) is 9.47 Å². The predicted molar refractivity (Wildman–Crippen MR) is 104 cm³/mol. The molecule has 0 aliphatic carbocycles. The van der Waals surface area contributed by atoms with Crippen LogP contribution in [0.25, 0.3) is 0 Å². The summed E-state index contributed by atoms with van der Waals surface area (Å²) in [4.78, 5) is 13.7. The average molecular weight is 373 g/mol. The number of hydrogen-bond acceptors (Lipinski definition) is 6. The molecule has 0 saturated carbocycles. The molecule has 1 aliphatic heterocycles. The van der Waals surface area contributed by atoms with Gasteiger partial charge in [-0.25, -0.2) is 10.9 Å². The van der Waals surface area contributed by atoms with Crippen molar-refractivity contribution in [2.24, 2.45) is 0 Å². The fraction of sp³-hybridized carbons (Fsp3) is 0.316. The van der Waals surface area contributed by atoms with E-state index in [2.05, 4.69) is 16.2 Å². The number of anilines is 1. The van der Waals surface area contributed by atoms with Gasteiger partial charge < -0.3 is 14.8 Å². The van der Waals surface area contributed by atoms with Crippen molar-refractivity contribution in [2.45, 2.75) is 23.4 Å². The second-order valence-electron chi connectivity index (χ2n) is 5.96. The molecule has 1 heterocycles. The van der Waals surface area contributed by atoms with Crippen LogP contribution in [0, 0.1) is 0 Å². The third-order valence-corrected chi connectivity index (χ3v) is 5.14. The van der Waals surface area contributed by atoms with Crippen molar-refractivity contribution < 1.29 is 14.3 Å². The summed E-state index contributed by atoms with van der Waals surface area (Å²) in [6, 6.07) is 13.2. The molecule has 2 aromatic rings. The van der Waals surface area contributed by atoms with Crippen LogP contribution >= 0.6 is 11.8 Å². The normalized spacial score (nSPS) is 19.2. The highest BCUT2D eigenvalue weighted by Gasteiger charge is 2.31. The van der Waals surface area contributed by atoms with Gasteiger partial charge >= 0.3 is 0 Å². The van der Waals surface area contributed by atoms with E-state index >= 15 is 0 Å². The van der Waals surface area contributed by atoms with Crippen molar-refractivity contribution in [2.75, 3.05) is 25.8 Å². The van der Waals surface area contributed by atoms with Crippen LogP contribution in [-0.2, 0) is 4.79 Å². The fourth-order valence-corrected chi connectivity index (χ4v) is 3.35. The summed E-state index contributed by atoms with van der Waals surface area (Å²) in [7, 11) is 3.25. The lowest BCUT2D eigenvalue weighted by Crippen LogP contribution is -2.39. The van der Waals surface area contributed by atoms with Crippen LogP contribution in [0.1, 0.15) is 18.0 Å². The maximum atomic E-state index is 12.5. The van der Waals surface area contributed by atoms with Crippen molar-refractivity contribution in [1.29, 1.82) is 0 Å². The van der Waals surface area contributed by atoms with Gasteiger partial charge in [-0.05, 0) is 43.0 Å². The zero-order valence-electron chi connectivity index (χ0n) is 15.0. The third kappa shape index (κ3) is 4.12. The van der Waals surface area contributed by atoms with Gasteiger partial charge in [0.25, 0.3) is 0 Å². The van der Waals surface area contributed by atoms with E-state index in [1.807, 2.05) is 48.7 Å². The summed E-state index contributed by atoms with van der Waals surface area (Å²) in [6.07, 6.45) is 2.65. The van der Waals surface area contributed by atoms with Gasteiger partial charge in [-0.15, -0.1) is 11.8 Å². The first-order chi connectivity index (χ1) is 12.6. The molecule has 7 heteroatoms. The van der Waals surface area contributed by atoms with Crippen LogP contribution in [0.15, 0.2) is 47.4 Å². The lowest BCUT2D eigenvalue weighted by Gasteiger charge is -2.15. The smallest absolute Gasteiger partial charge is 0.242 e. The third-order valence-electron chi connectivity index (χ3n) is 4.39. The largest absolute Gasteiger partial charge is 0.497 e. The molecule has 26 heavy (non-hydrogen) atoms. The van der Waals surface area contributed by atoms with Crippen molar-refractivity contribution >= 4 is 23.4 Å². The second-order valence-corrected chi connectivity index (χ2v) is 6.83. The molecule has 1 fully saturated rings. The molecule has 3 N–H and O–H groups in total. The van der Waals surface area contributed by atoms with E-state index in [0.717, 1.165) is 27.6 Å². The number of carbonyl (C=O) groups is 1. The Balaban J connectivity index is 1.65. The number of hydrogen-bond donors (Lipinski definition) is 3. The van der Waals surface area contributed by atoms with Crippen LogP contribution < -0.4 is 25.6 Å². The lowest BCUT2D eigenvalue weighted by molar-refractivity contribution is -0.117. The van der Waals surface area contributed by atoms with Crippen molar-refractivity contribution in [3.05, 3.63) is 48.0 Å². The second kappa shape index (κ2) is 8.44. The summed E-state index contributed by atoms with van der Waals surface area (Å²) in [6.45, 7) is 0. The van der Waals surface area contributed by atoms with Gasteiger partial charge in [0.15, 0.2) is 0 Å². The molecular formula is C19H23N3O3S. The molecule has 0 bridgehead atoms. The molecule has 6 nitrogen and oxygen atoms in total. The molecule has 1 aliphatic rings. The fourth-order valence-electron chi connectivity index (χ4n) is 2.94. The maximum absolute atomic E-state index is 12.5. The topological polar surface area (TPSA) is 71.6 Å². The van der Waals surface area contributed by atoms with Gasteiger partial charge in [0, 0.05) is 22.2 Å². The van der Waals surface area contributed by atoms with E-state index in [0.29, 0.717) is 6.42 Å². The first-order valence-corrected chi connectivity index (χ1v) is 9.55. The first kappa shape index (κ1) is 18.6. The molecule has 1 saturated heterocycles. The Bertz CT molecular complexity index is 767. The summed E-state index contributed by atoms with van der Waals surface area (Å²) in [5.41, 5.74) is 8.04. The van der Waals surface area contributed by atoms with Gasteiger partial charge in [0.05, 0.1) is 20.3 Å². The van der Waals surface area contributed by atoms with Crippen LogP contribution in [0.2, 0.25) is 0 Å². The van der Waals surface area contributed by atoms with E-state index in [9.17, 15) is 4.79 Å². The minimum Gasteiger partial charge on any atom is -0.497 e. The number of rotatable bonds is 6. The monoisotopic (exact) mass is 373 g/mol. The molecule has 2 aromatic carbocycles. The number of carbonyl (C=O) groups excluding carboxylic acids is 1. The zero-order chi connectivity index (χ0) is 18.5. The quantitative estimate of drug-likeness (QED) is 0.676. The van der Waals surface area contributed by atoms with Crippen LogP contribution in [0.4, 0.5) is 5.69 Å². The highest BCUT2D eigenvalue weighted by molar-refractivity contribution is 7.98. The van der Waals surface area contributed by atoms with Crippen LogP contribution in [0.5, 0.6) is 11.5 Å². The highest BCUT2D eigenvalue weighted by atomic mass is 32.2. The van der Waals surface area contributed by atoms with Crippen LogP contribution in [0.3, 0.4) is 0 Å². The van der Waals surface area contributed by atoms with Crippen molar-refractivity contribution in [1.82, 2.24) is 10.9 Å². The number of ether oxygens (including phenoxy) is 2. The highest BCUT2D eigenvalue weighted by Crippen LogP contribution is 2.33. The number of benzene rings is 2. The summed E-state index contributed by atoms with van der Waals surface area (Å²) < 4.78 is 10.7. The van der Waals surface area contributed by atoms with Gasteiger partial charge in [-0.3, -0.25) is 4.79 Å². The van der Waals surface area contributed by atoms with E-state index in [1.165, 1.54) is 0 Å². The summed E-state index contributed by atoms with van der Waals surface area (Å²) >= 11 is 1.67. The van der Waals surface area contributed by atoms with E-state index in [-0.39, 0.29) is 18.0 Å². The molecule has 1 amide bonds. The number of methoxy groups -OCH3 is 2. The molecule has 0 radical (unpaired) electrons. The maximum Gasteiger partial charge on any atom is 0.242 e. The average Bonchev–Trinajstić information content (AvgIpc) is 3.18. The number of hydrazine groups is 1. The Kier molecular flexibility index (Phi) is 6.03. The van der Waals surface area contributed by atoms with Crippen molar-refractivity contribution in [3.8, 4) is 11.5 Å². The SMILES string of the molecule is COc1ccc(C2CC(C(=O)Nc3ccc(SC)cc3)NN2)c(OC)c1. The van der Waals surface area contributed by atoms with Gasteiger partial charge in [-0.1, -0.05) is 6.07 Å². The standard InChI is InChI=1S/C19H23N3O3S/c1-24-13-6-9-15(18(10-13)25-2)16-11-17(22-21-16)19(23)20-12-4-7-14(26-3)8-5-12/h4-10,16-17,21-22H,11H2,1-3H3,(H,20,23). The molecule has 3 rings (SSSR count). The first-order valence-electron chi connectivity index (χ1n) is 8.32. The lowest BCUT2D eigenvalue weighted by atomic mass is 10.0. The number of amides is 1. The number of thioether (sulfide) groups is 1. The summed E-state index contributed by atoms with van der Waals surface area (Å²) in [5.74, 6) is 1.40. The van der Waals surface area contributed by atoms with Gasteiger partial charge in [0.1, 0.15) is 17.5 Å². The molecule has 2 unspecified atom stereocenters. The Hall–Kier alpha value is -2.22. The molecule has 0 aromatic heterocycles. The molecule has 138 valence electrons. The predicted octanol–water partition coefficient (Wildman–Crippen LogP) is 2.97. The van der Waals surface area contributed by atoms with Gasteiger partial charge in [-0.2, -0.15) is 0 Å². The van der Waals surface area contributed by atoms with Gasteiger partial charge in [0.2, 0.25) is 5.91 Å². The number of nitrogens with one attached hydrogen (secondary N) is 3. The minimum atomic E-state index is -0.327. The van der Waals surface area contributed by atoms with E-state index in [1.54, 1.807) is 26.0 Å². The molecule has 0 spiro atoms. The minimum absolute atomic E-state index is 0.0227. The molecular weight excluding hydrogens is 350 g/mol. The Morgan fingerprint density at radius 1 is 1.12 bits per heavy atom. The van der Waals surface area contributed by atoms with E-state index < -0.39 is 0 Å². The Labute approximate surface area is 157 Å². The molecule has 2 atom stereocenters.